The molecule has 5 nitrogen and oxygen atoms in total. The van der Waals surface area contributed by atoms with Gasteiger partial charge >= 0.3 is 6.18 Å². The first-order valence-electron chi connectivity index (χ1n) is 12.4. The fraction of sp³-hybridized carbons (Fsp3) is 0.276. The summed E-state index contributed by atoms with van der Waals surface area (Å²) < 4.78 is 80.1. The van der Waals surface area contributed by atoms with Gasteiger partial charge in [0, 0.05) is 54.3 Å². The molecule has 0 unspecified atom stereocenters. The van der Waals surface area contributed by atoms with Crippen LogP contribution in [-0.4, -0.2) is 47.9 Å². The lowest BCUT2D eigenvalue weighted by Gasteiger charge is -2.37. The van der Waals surface area contributed by atoms with Crippen molar-refractivity contribution in [2.24, 2.45) is 5.92 Å². The van der Waals surface area contributed by atoms with E-state index < -0.39 is 23.7 Å². The number of halogens is 5. The smallest absolute Gasteiger partial charge is 0.416 e. The van der Waals surface area contributed by atoms with Crippen molar-refractivity contribution < 1.29 is 36.5 Å². The van der Waals surface area contributed by atoms with Crippen LogP contribution < -0.4 is 9.47 Å². The Bertz CT molecular complexity index is 1540. The number of aromatic hydroxyl groups is 1. The number of likely N-dealkylation sites (tertiary alicyclic amines) is 1. The minimum absolute atomic E-state index is 0.00966. The Hall–Kier alpha value is -3.92. The summed E-state index contributed by atoms with van der Waals surface area (Å²) in [6.07, 6.45) is -4.24. The molecule has 0 amide bonds. The Morgan fingerprint density at radius 3 is 2.54 bits per heavy atom. The number of alkyl halides is 4. The van der Waals surface area contributed by atoms with Gasteiger partial charge in [-0.25, -0.2) is 4.39 Å². The summed E-state index contributed by atoms with van der Waals surface area (Å²) in [5, 5.41) is 10.5. The lowest BCUT2D eigenvalue weighted by molar-refractivity contribution is -0.137. The van der Waals surface area contributed by atoms with Crippen molar-refractivity contribution in [3.63, 3.8) is 0 Å². The molecule has 1 atom stereocenters. The van der Waals surface area contributed by atoms with Crippen molar-refractivity contribution >= 4 is 10.9 Å². The predicted octanol–water partition coefficient (Wildman–Crippen LogP) is 6.53. The number of pyridine rings is 1. The molecule has 3 aromatic carbocycles. The summed E-state index contributed by atoms with van der Waals surface area (Å²) in [6.45, 7) is 2.22. The third-order valence-corrected chi connectivity index (χ3v) is 7.16. The number of phenols is 1. The Labute approximate surface area is 220 Å². The standard InChI is InChI=1S/C29H23F5N2O3/c30-12-16-14-36(15-16)7-8-38-20-4-1-17(2-5-20)28-26-21-6-3-19(37)11-24(21)35-13-22(26)27-23(31)9-18(29(32,33)34)10-25(27)39-28/h1-6,9-11,13,16,28,37H,7-8,12,14-15H2/t28-/m1/s1. The Balaban J connectivity index is 1.35. The van der Waals surface area contributed by atoms with Gasteiger partial charge in [-0.15, -0.1) is 0 Å². The van der Waals surface area contributed by atoms with E-state index >= 15 is 4.39 Å². The van der Waals surface area contributed by atoms with Crippen molar-refractivity contribution in [2.75, 3.05) is 32.9 Å². The first kappa shape index (κ1) is 25.4. The van der Waals surface area contributed by atoms with Gasteiger partial charge in [0.05, 0.1) is 23.3 Å². The Morgan fingerprint density at radius 2 is 1.82 bits per heavy atom. The number of rotatable bonds is 6. The van der Waals surface area contributed by atoms with Crippen LogP contribution in [0, 0.1) is 11.7 Å². The third-order valence-electron chi connectivity index (χ3n) is 7.16. The van der Waals surface area contributed by atoms with Crippen molar-refractivity contribution in [3.8, 4) is 28.4 Å². The minimum Gasteiger partial charge on any atom is -0.508 e. The van der Waals surface area contributed by atoms with E-state index in [0.29, 0.717) is 52.6 Å². The normalized spacial score (nSPS) is 17.3. The molecule has 202 valence electrons. The third kappa shape index (κ3) is 4.73. The molecule has 10 heteroatoms. The second-order valence-corrected chi connectivity index (χ2v) is 9.81. The monoisotopic (exact) mass is 542 g/mol. The second kappa shape index (κ2) is 9.68. The van der Waals surface area contributed by atoms with Crippen molar-refractivity contribution in [3.05, 3.63) is 83.3 Å². The summed E-state index contributed by atoms with van der Waals surface area (Å²) in [7, 11) is 0. The van der Waals surface area contributed by atoms with Crippen LogP contribution in [0.15, 0.2) is 60.8 Å². The zero-order valence-electron chi connectivity index (χ0n) is 20.5. The zero-order valence-corrected chi connectivity index (χ0v) is 20.5. The largest absolute Gasteiger partial charge is 0.508 e. The maximum Gasteiger partial charge on any atom is 0.416 e. The van der Waals surface area contributed by atoms with E-state index in [1.165, 1.54) is 18.3 Å². The molecule has 1 N–H and O–H groups in total. The highest BCUT2D eigenvalue weighted by atomic mass is 19.4. The van der Waals surface area contributed by atoms with Crippen LogP contribution in [-0.2, 0) is 6.18 Å². The van der Waals surface area contributed by atoms with Gasteiger partial charge in [-0.3, -0.25) is 14.3 Å². The van der Waals surface area contributed by atoms with Gasteiger partial charge in [0.25, 0.3) is 0 Å². The van der Waals surface area contributed by atoms with Gasteiger partial charge in [-0.1, -0.05) is 12.1 Å². The maximum atomic E-state index is 15.1. The van der Waals surface area contributed by atoms with E-state index in [-0.39, 0.29) is 29.7 Å². The second-order valence-electron chi connectivity index (χ2n) is 9.81. The molecule has 6 rings (SSSR count). The molecule has 0 bridgehead atoms. The number of ether oxygens (including phenoxy) is 2. The lowest BCUT2D eigenvalue weighted by Crippen LogP contribution is -2.49. The number of benzene rings is 3. The number of hydrogen-bond donors (Lipinski definition) is 1. The fourth-order valence-corrected chi connectivity index (χ4v) is 5.19. The first-order chi connectivity index (χ1) is 18.7. The van der Waals surface area contributed by atoms with Crippen molar-refractivity contribution in [1.82, 2.24) is 9.88 Å². The molecule has 2 aliphatic heterocycles. The molecule has 0 radical (unpaired) electrons. The van der Waals surface area contributed by atoms with Crippen LogP contribution in [0.3, 0.4) is 0 Å². The Morgan fingerprint density at radius 1 is 1.05 bits per heavy atom. The summed E-state index contributed by atoms with van der Waals surface area (Å²) in [5.41, 5.74) is 0.633. The van der Waals surface area contributed by atoms with E-state index in [1.807, 2.05) is 0 Å². The van der Waals surface area contributed by atoms with Gasteiger partial charge < -0.3 is 14.6 Å². The van der Waals surface area contributed by atoms with Crippen LogP contribution in [0.25, 0.3) is 22.0 Å². The van der Waals surface area contributed by atoms with Gasteiger partial charge in [-0.2, -0.15) is 13.2 Å². The molecule has 2 aliphatic rings. The van der Waals surface area contributed by atoms with Crippen LogP contribution in [0.2, 0.25) is 0 Å². The number of nitrogens with zero attached hydrogens (tertiary/aromatic N) is 2. The van der Waals surface area contributed by atoms with Crippen LogP contribution in [0.1, 0.15) is 22.8 Å². The summed E-state index contributed by atoms with van der Waals surface area (Å²) in [5.74, 6) is -0.620. The molecular formula is C29H23F5N2O3. The molecule has 1 aromatic heterocycles. The average molecular weight is 543 g/mol. The minimum atomic E-state index is -4.75. The SMILES string of the molecule is Oc1ccc2c3c(cnc2c1)-c1c(F)cc(C(F)(F)F)cc1O[C@@H]3c1ccc(OCCN2CC(CF)C2)cc1. The average Bonchev–Trinajstić information content (AvgIpc) is 2.88. The molecule has 4 aromatic rings. The van der Waals surface area contributed by atoms with E-state index in [4.69, 9.17) is 9.47 Å². The van der Waals surface area contributed by atoms with Crippen LogP contribution in [0.4, 0.5) is 22.0 Å². The summed E-state index contributed by atoms with van der Waals surface area (Å²) >= 11 is 0. The molecule has 0 aliphatic carbocycles. The van der Waals surface area contributed by atoms with Crippen molar-refractivity contribution in [2.45, 2.75) is 12.3 Å². The van der Waals surface area contributed by atoms with E-state index in [0.717, 1.165) is 19.2 Å². The highest BCUT2D eigenvalue weighted by Gasteiger charge is 2.37. The molecule has 1 fully saturated rings. The molecule has 0 saturated carbocycles. The van der Waals surface area contributed by atoms with Crippen LogP contribution in [0.5, 0.6) is 17.2 Å². The van der Waals surface area contributed by atoms with Crippen molar-refractivity contribution in [1.29, 1.82) is 0 Å². The van der Waals surface area contributed by atoms with Crippen LogP contribution >= 0.6 is 0 Å². The molecule has 3 heterocycles. The fourth-order valence-electron chi connectivity index (χ4n) is 5.19. The topological polar surface area (TPSA) is 54.8 Å². The van der Waals surface area contributed by atoms with Gasteiger partial charge in [0.15, 0.2) is 6.10 Å². The number of hydrogen-bond acceptors (Lipinski definition) is 5. The number of aromatic nitrogens is 1. The maximum absolute atomic E-state index is 15.1. The summed E-state index contributed by atoms with van der Waals surface area (Å²) in [4.78, 5) is 6.43. The molecule has 39 heavy (non-hydrogen) atoms. The number of phenolic OH excluding ortho intramolecular Hbond substituents is 1. The first-order valence-corrected chi connectivity index (χ1v) is 12.4. The predicted molar refractivity (Wildman–Crippen MR) is 134 cm³/mol. The molecule has 0 spiro atoms. The van der Waals surface area contributed by atoms with E-state index in [2.05, 4.69) is 9.88 Å². The molecular weight excluding hydrogens is 519 g/mol. The van der Waals surface area contributed by atoms with E-state index in [1.54, 1.807) is 30.3 Å². The quantitative estimate of drug-likeness (QED) is 0.281. The van der Waals surface area contributed by atoms with Gasteiger partial charge in [-0.05, 0) is 42.0 Å². The highest BCUT2D eigenvalue weighted by Crippen LogP contribution is 2.50. The Kier molecular flexibility index (Phi) is 6.29. The van der Waals surface area contributed by atoms with Gasteiger partial charge in [0.2, 0.25) is 0 Å². The molecule has 1 saturated heterocycles. The zero-order chi connectivity index (χ0) is 27.3. The van der Waals surface area contributed by atoms with E-state index in [9.17, 15) is 22.7 Å². The summed E-state index contributed by atoms with van der Waals surface area (Å²) in [6, 6.07) is 12.8. The number of fused-ring (bicyclic) bond motifs is 5. The highest BCUT2D eigenvalue weighted by molar-refractivity contribution is 5.92. The van der Waals surface area contributed by atoms with Gasteiger partial charge in [0.1, 0.15) is 29.7 Å². The lowest BCUT2D eigenvalue weighted by atomic mass is 9.87.